The van der Waals surface area contributed by atoms with Gasteiger partial charge in [-0.3, -0.25) is 9.36 Å². The van der Waals surface area contributed by atoms with Crippen LogP contribution in [0, 0.1) is 0 Å². The number of esters is 1. The molecule has 3 aromatic rings. The standard InChI is InChI=1S/C25H22F2N2O5S/c1-4-33-23(31)20-14(2)28-25-29(21(20)16-7-11-18(12-8-16)34-24(26)27)22(30)19(35-25)13-15-5-9-17(32-3)10-6-15/h5-13,21,24H,4H2,1-3H3/b19-13+. The molecule has 0 radical (unpaired) electrons. The number of ether oxygens (including phenoxy) is 3. The molecule has 0 saturated carbocycles. The van der Waals surface area contributed by atoms with E-state index < -0.39 is 18.6 Å². The maximum absolute atomic E-state index is 13.5. The first kappa shape index (κ1) is 24.3. The molecular formula is C25H22F2N2O5S. The molecule has 2 aromatic carbocycles. The van der Waals surface area contributed by atoms with Crippen molar-refractivity contribution in [3.8, 4) is 11.5 Å². The van der Waals surface area contributed by atoms with Crippen LogP contribution in [0.1, 0.15) is 31.0 Å². The van der Waals surface area contributed by atoms with Crippen molar-refractivity contribution in [2.75, 3.05) is 13.7 Å². The largest absolute Gasteiger partial charge is 0.497 e. The van der Waals surface area contributed by atoms with E-state index in [-0.39, 0.29) is 23.5 Å². The van der Waals surface area contributed by atoms with Gasteiger partial charge in [0.25, 0.3) is 5.56 Å². The molecule has 1 aromatic heterocycles. The average molecular weight is 501 g/mol. The van der Waals surface area contributed by atoms with Crippen LogP contribution in [0.4, 0.5) is 8.78 Å². The number of nitrogens with zero attached hydrogens (tertiary/aromatic N) is 2. The van der Waals surface area contributed by atoms with Gasteiger partial charge in [-0.2, -0.15) is 8.78 Å². The minimum Gasteiger partial charge on any atom is -0.497 e. The number of methoxy groups -OCH3 is 1. The lowest BCUT2D eigenvalue weighted by atomic mass is 9.96. The second kappa shape index (κ2) is 10.2. The molecule has 1 aliphatic heterocycles. The predicted molar refractivity (Wildman–Crippen MR) is 126 cm³/mol. The number of hydrogen-bond acceptors (Lipinski definition) is 7. The fourth-order valence-corrected chi connectivity index (χ4v) is 4.84. The lowest BCUT2D eigenvalue weighted by Crippen LogP contribution is -2.39. The molecule has 0 fully saturated rings. The van der Waals surface area contributed by atoms with Crippen LogP contribution in [0.25, 0.3) is 6.08 Å². The Morgan fingerprint density at radius 2 is 1.80 bits per heavy atom. The third-order valence-electron chi connectivity index (χ3n) is 5.35. The van der Waals surface area contributed by atoms with E-state index in [1.54, 1.807) is 51.3 Å². The normalized spacial score (nSPS) is 15.6. The summed E-state index contributed by atoms with van der Waals surface area (Å²) in [6.45, 7) is 0.539. The molecule has 4 rings (SSSR count). The Hall–Kier alpha value is -3.79. The molecule has 1 unspecified atom stereocenters. The van der Waals surface area contributed by atoms with E-state index in [0.29, 0.717) is 26.3 Å². The number of alkyl halides is 2. The summed E-state index contributed by atoms with van der Waals surface area (Å²) in [5, 5.41) is 0. The summed E-state index contributed by atoms with van der Waals surface area (Å²) in [4.78, 5) is 31.3. The Morgan fingerprint density at radius 3 is 2.40 bits per heavy atom. The summed E-state index contributed by atoms with van der Waals surface area (Å²) in [5.74, 6) is 0.0581. The fourth-order valence-electron chi connectivity index (χ4n) is 3.79. The molecule has 0 saturated heterocycles. The number of carbonyl (C=O) groups is 1. The third kappa shape index (κ3) is 5.02. The lowest BCUT2D eigenvalue weighted by Gasteiger charge is -2.24. The smallest absolute Gasteiger partial charge is 0.387 e. The lowest BCUT2D eigenvalue weighted by molar-refractivity contribution is -0.139. The Kier molecular flexibility index (Phi) is 7.11. The molecule has 2 heterocycles. The van der Waals surface area contributed by atoms with Crippen LogP contribution < -0.4 is 24.4 Å². The van der Waals surface area contributed by atoms with Gasteiger partial charge >= 0.3 is 12.6 Å². The second-order valence-electron chi connectivity index (χ2n) is 7.52. The van der Waals surface area contributed by atoms with Crippen molar-refractivity contribution in [3.63, 3.8) is 0 Å². The quantitative estimate of drug-likeness (QED) is 0.465. The molecule has 0 aliphatic carbocycles. The van der Waals surface area contributed by atoms with E-state index >= 15 is 0 Å². The van der Waals surface area contributed by atoms with E-state index in [1.165, 1.54) is 28.0 Å². The summed E-state index contributed by atoms with van der Waals surface area (Å²) in [5.41, 5.74) is 1.61. The van der Waals surface area contributed by atoms with Crippen LogP contribution in [-0.4, -0.2) is 30.9 Å². The number of thiazole rings is 1. The summed E-state index contributed by atoms with van der Waals surface area (Å²) in [7, 11) is 1.57. The van der Waals surface area contributed by atoms with Crippen LogP contribution in [0.5, 0.6) is 11.5 Å². The molecule has 10 heteroatoms. The van der Waals surface area contributed by atoms with Gasteiger partial charge in [-0.05, 0) is 55.3 Å². The number of aromatic nitrogens is 1. The molecule has 1 aliphatic rings. The Morgan fingerprint density at radius 1 is 1.14 bits per heavy atom. The Balaban J connectivity index is 1.87. The zero-order chi connectivity index (χ0) is 25.1. The highest BCUT2D eigenvalue weighted by atomic mass is 32.1. The van der Waals surface area contributed by atoms with Crippen molar-refractivity contribution < 1.29 is 27.8 Å². The number of hydrogen-bond donors (Lipinski definition) is 0. The average Bonchev–Trinajstić information content (AvgIpc) is 3.13. The zero-order valence-electron chi connectivity index (χ0n) is 19.2. The minimum absolute atomic E-state index is 0.0333. The van der Waals surface area contributed by atoms with Gasteiger partial charge < -0.3 is 14.2 Å². The van der Waals surface area contributed by atoms with Crippen molar-refractivity contribution >= 4 is 23.4 Å². The highest BCUT2D eigenvalue weighted by molar-refractivity contribution is 7.07. The first-order valence-corrected chi connectivity index (χ1v) is 11.5. The molecule has 35 heavy (non-hydrogen) atoms. The summed E-state index contributed by atoms with van der Waals surface area (Å²) in [6, 6.07) is 12.2. The van der Waals surface area contributed by atoms with Gasteiger partial charge in [0, 0.05) is 0 Å². The summed E-state index contributed by atoms with van der Waals surface area (Å²) < 4.78 is 41.9. The maximum atomic E-state index is 13.5. The Labute approximate surface area is 203 Å². The highest BCUT2D eigenvalue weighted by Crippen LogP contribution is 2.31. The molecule has 0 spiro atoms. The molecule has 1 atom stereocenters. The van der Waals surface area contributed by atoms with Gasteiger partial charge in [-0.25, -0.2) is 9.79 Å². The molecule has 182 valence electrons. The van der Waals surface area contributed by atoms with Crippen LogP contribution in [0.3, 0.4) is 0 Å². The fraction of sp³-hybridized carbons (Fsp3) is 0.240. The molecular weight excluding hydrogens is 478 g/mol. The molecule has 0 amide bonds. The van der Waals surface area contributed by atoms with E-state index in [0.717, 1.165) is 5.56 Å². The molecule has 7 nitrogen and oxygen atoms in total. The highest BCUT2D eigenvalue weighted by Gasteiger charge is 2.33. The molecule has 0 N–H and O–H groups in total. The first-order valence-electron chi connectivity index (χ1n) is 10.7. The van der Waals surface area contributed by atoms with E-state index in [4.69, 9.17) is 9.47 Å². The van der Waals surface area contributed by atoms with Crippen LogP contribution in [0.2, 0.25) is 0 Å². The molecule has 0 bridgehead atoms. The van der Waals surface area contributed by atoms with Crippen molar-refractivity contribution in [3.05, 3.63) is 90.6 Å². The van der Waals surface area contributed by atoms with Gasteiger partial charge in [-0.15, -0.1) is 0 Å². The van der Waals surface area contributed by atoms with Gasteiger partial charge in [0.2, 0.25) is 0 Å². The van der Waals surface area contributed by atoms with Crippen LogP contribution in [-0.2, 0) is 9.53 Å². The SMILES string of the molecule is CCOC(=O)C1=C(C)N=c2s/c(=C/c3ccc(OC)cc3)c(=O)n2C1c1ccc(OC(F)F)cc1. The monoisotopic (exact) mass is 500 g/mol. The van der Waals surface area contributed by atoms with E-state index in [2.05, 4.69) is 9.73 Å². The second-order valence-corrected chi connectivity index (χ2v) is 8.53. The number of allylic oxidation sites excluding steroid dienone is 1. The maximum Gasteiger partial charge on any atom is 0.387 e. The van der Waals surface area contributed by atoms with Gasteiger partial charge in [-0.1, -0.05) is 35.6 Å². The summed E-state index contributed by atoms with van der Waals surface area (Å²) >= 11 is 1.19. The van der Waals surface area contributed by atoms with Gasteiger partial charge in [0.15, 0.2) is 4.80 Å². The minimum atomic E-state index is -2.96. The van der Waals surface area contributed by atoms with Crippen LogP contribution in [0.15, 0.2) is 69.6 Å². The number of rotatable bonds is 7. The zero-order valence-corrected chi connectivity index (χ0v) is 20.0. The first-order chi connectivity index (χ1) is 16.8. The van der Waals surface area contributed by atoms with Crippen molar-refractivity contribution in [1.29, 1.82) is 0 Å². The van der Waals surface area contributed by atoms with Gasteiger partial charge in [0.05, 0.1) is 35.6 Å². The van der Waals surface area contributed by atoms with Crippen molar-refractivity contribution in [2.45, 2.75) is 26.5 Å². The Bertz CT molecular complexity index is 1440. The number of carbonyl (C=O) groups excluding carboxylic acids is 1. The predicted octanol–water partition coefficient (Wildman–Crippen LogP) is 3.41. The van der Waals surface area contributed by atoms with Crippen LogP contribution >= 0.6 is 11.3 Å². The van der Waals surface area contributed by atoms with Crippen molar-refractivity contribution in [1.82, 2.24) is 4.57 Å². The number of fused-ring (bicyclic) bond motifs is 1. The number of halogens is 2. The van der Waals surface area contributed by atoms with Crippen molar-refractivity contribution in [2.24, 2.45) is 4.99 Å². The third-order valence-corrected chi connectivity index (χ3v) is 6.33. The van der Waals surface area contributed by atoms with E-state index in [9.17, 15) is 18.4 Å². The number of benzene rings is 2. The summed E-state index contributed by atoms with van der Waals surface area (Å²) in [6.07, 6.45) is 1.74. The van der Waals surface area contributed by atoms with Gasteiger partial charge in [0.1, 0.15) is 11.5 Å². The van der Waals surface area contributed by atoms with E-state index in [1.807, 2.05) is 12.1 Å². The topological polar surface area (TPSA) is 79.1 Å².